The summed E-state index contributed by atoms with van der Waals surface area (Å²) >= 11 is 18.0. The van der Waals surface area contributed by atoms with Crippen molar-refractivity contribution in [3.63, 3.8) is 0 Å². The van der Waals surface area contributed by atoms with Crippen molar-refractivity contribution in [1.82, 2.24) is 9.55 Å². The highest BCUT2D eigenvalue weighted by molar-refractivity contribution is 6.40. The van der Waals surface area contributed by atoms with Crippen LogP contribution in [0.4, 0.5) is 0 Å². The van der Waals surface area contributed by atoms with Crippen LogP contribution in [0.2, 0.25) is 15.1 Å². The molecule has 7 heteroatoms. The Hall–Kier alpha value is -1.75. The molecule has 0 amide bonds. The zero-order valence-electron chi connectivity index (χ0n) is 12.5. The van der Waals surface area contributed by atoms with Gasteiger partial charge in [0.2, 0.25) is 0 Å². The minimum atomic E-state index is -0.0665. The zero-order chi connectivity index (χ0) is 17.1. The largest absolute Gasteiger partial charge is 0.490 e. The van der Waals surface area contributed by atoms with Crippen molar-refractivity contribution in [2.75, 3.05) is 6.61 Å². The molecule has 0 N–H and O–H groups in total. The molecule has 0 bridgehead atoms. The lowest BCUT2D eigenvalue weighted by Crippen LogP contribution is -2.21. The molecule has 0 aliphatic heterocycles. The van der Waals surface area contributed by atoms with Crippen molar-refractivity contribution in [3.8, 4) is 5.75 Å². The van der Waals surface area contributed by atoms with Crippen LogP contribution in [0.5, 0.6) is 5.75 Å². The van der Waals surface area contributed by atoms with Gasteiger partial charge in [0.1, 0.15) is 0 Å². The molecule has 0 spiro atoms. The molecule has 1 heterocycles. The van der Waals surface area contributed by atoms with Crippen molar-refractivity contribution in [1.29, 1.82) is 0 Å². The number of nitrogens with zero attached hydrogens (tertiary/aromatic N) is 2. The lowest BCUT2D eigenvalue weighted by molar-refractivity contribution is 0.301. The molecular formula is C17H13Cl3N2O2. The Bertz CT molecular complexity index is 918. The zero-order valence-corrected chi connectivity index (χ0v) is 14.8. The topological polar surface area (TPSA) is 44.1 Å². The first-order chi connectivity index (χ1) is 11.6. The number of benzene rings is 2. The van der Waals surface area contributed by atoms with E-state index in [4.69, 9.17) is 39.5 Å². The lowest BCUT2D eigenvalue weighted by atomic mass is 10.2. The number of para-hydroxylation sites is 1. The fraction of sp³-hybridized carbons (Fsp3) is 0.176. The van der Waals surface area contributed by atoms with E-state index in [1.54, 1.807) is 29.1 Å². The van der Waals surface area contributed by atoms with Crippen molar-refractivity contribution in [2.45, 2.75) is 13.0 Å². The first-order valence-electron chi connectivity index (χ1n) is 7.28. The maximum absolute atomic E-state index is 12.4. The Labute approximate surface area is 153 Å². The Balaban J connectivity index is 1.65. The average Bonchev–Trinajstić information content (AvgIpc) is 2.55. The van der Waals surface area contributed by atoms with Crippen LogP contribution < -0.4 is 10.3 Å². The fourth-order valence-electron chi connectivity index (χ4n) is 2.34. The predicted octanol–water partition coefficient (Wildman–Crippen LogP) is 4.83. The fourth-order valence-corrected chi connectivity index (χ4v) is 3.27. The van der Waals surface area contributed by atoms with Crippen LogP contribution >= 0.6 is 34.8 Å². The highest BCUT2D eigenvalue weighted by Crippen LogP contribution is 2.35. The summed E-state index contributed by atoms with van der Waals surface area (Å²) in [5.41, 5.74) is 0.623. The van der Waals surface area contributed by atoms with E-state index in [1.807, 2.05) is 18.2 Å². The van der Waals surface area contributed by atoms with Crippen LogP contribution in [-0.2, 0) is 6.54 Å². The minimum absolute atomic E-state index is 0.0665. The number of aryl methyl sites for hydroxylation is 1. The number of hydrogen-bond donors (Lipinski definition) is 0. The number of aromatic nitrogens is 2. The Morgan fingerprint density at radius 2 is 1.79 bits per heavy atom. The summed E-state index contributed by atoms with van der Waals surface area (Å²) in [5, 5.41) is 1.77. The third-order valence-electron chi connectivity index (χ3n) is 3.48. The van der Waals surface area contributed by atoms with Gasteiger partial charge in [-0.05, 0) is 30.7 Å². The van der Waals surface area contributed by atoms with E-state index in [2.05, 4.69) is 4.98 Å². The van der Waals surface area contributed by atoms with Crippen molar-refractivity contribution in [2.24, 2.45) is 0 Å². The first kappa shape index (κ1) is 17.1. The first-order valence-corrected chi connectivity index (χ1v) is 8.41. The summed E-state index contributed by atoms with van der Waals surface area (Å²) in [6.45, 7) is 0.847. The molecule has 1 aromatic heterocycles. The summed E-state index contributed by atoms with van der Waals surface area (Å²) in [5.74, 6) is 0.395. The predicted molar refractivity (Wildman–Crippen MR) is 97.6 cm³/mol. The van der Waals surface area contributed by atoms with Gasteiger partial charge in [0.25, 0.3) is 5.56 Å². The standard InChI is InChI=1S/C17H13Cl3N2O2/c18-11-8-13(19)16(14(20)9-11)24-7-3-6-22-10-21-15-5-2-1-4-12(15)17(22)23/h1-2,4-5,8-10H,3,6-7H2. The Kier molecular flexibility index (Phi) is 5.29. The van der Waals surface area contributed by atoms with Crippen LogP contribution in [-0.4, -0.2) is 16.2 Å². The molecule has 0 atom stereocenters. The van der Waals surface area contributed by atoms with Crippen molar-refractivity contribution < 1.29 is 4.74 Å². The summed E-state index contributed by atoms with van der Waals surface area (Å²) < 4.78 is 7.18. The van der Waals surface area contributed by atoms with E-state index in [-0.39, 0.29) is 5.56 Å². The van der Waals surface area contributed by atoms with E-state index in [0.717, 1.165) is 0 Å². The third-order valence-corrected chi connectivity index (χ3v) is 4.26. The van der Waals surface area contributed by atoms with Crippen LogP contribution in [0.15, 0.2) is 47.5 Å². The minimum Gasteiger partial charge on any atom is -0.490 e. The molecule has 0 saturated heterocycles. The normalized spacial score (nSPS) is 11.0. The van der Waals surface area contributed by atoms with Gasteiger partial charge in [-0.1, -0.05) is 46.9 Å². The molecule has 3 aromatic rings. The second kappa shape index (κ2) is 7.43. The second-order valence-electron chi connectivity index (χ2n) is 5.16. The monoisotopic (exact) mass is 382 g/mol. The van der Waals surface area contributed by atoms with Crippen molar-refractivity contribution in [3.05, 3.63) is 68.1 Å². The smallest absolute Gasteiger partial charge is 0.261 e. The van der Waals surface area contributed by atoms with Crippen LogP contribution in [0, 0.1) is 0 Å². The summed E-state index contributed by atoms with van der Waals surface area (Å²) in [6, 6.07) is 10.4. The van der Waals surface area contributed by atoms with Crippen molar-refractivity contribution >= 4 is 45.7 Å². The molecule has 124 valence electrons. The molecule has 0 radical (unpaired) electrons. The van der Waals surface area contributed by atoms with E-state index in [1.165, 1.54) is 0 Å². The molecule has 4 nitrogen and oxygen atoms in total. The van der Waals surface area contributed by atoms with E-state index < -0.39 is 0 Å². The second-order valence-corrected chi connectivity index (χ2v) is 6.41. The van der Waals surface area contributed by atoms with Gasteiger partial charge in [0.15, 0.2) is 5.75 Å². The molecule has 3 rings (SSSR count). The van der Waals surface area contributed by atoms with Crippen LogP contribution in [0.25, 0.3) is 10.9 Å². The SMILES string of the molecule is O=c1c2ccccc2ncn1CCCOc1c(Cl)cc(Cl)cc1Cl. The molecule has 0 saturated carbocycles. The summed E-state index contributed by atoms with van der Waals surface area (Å²) in [6.07, 6.45) is 2.15. The average molecular weight is 384 g/mol. The lowest BCUT2D eigenvalue weighted by Gasteiger charge is -2.11. The van der Waals surface area contributed by atoms with Gasteiger partial charge in [-0.25, -0.2) is 4.98 Å². The van der Waals surface area contributed by atoms with E-state index in [0.29, 0.717) is 51.3 Å². The number of rotatable bonds is 5. The van der Waals surface area contributed by atoms with Gasteiger partial charge in [0.05, 0.1) is 33.9 Å². The van der Waals surface area contributed by atoms with Gasteiger partial charge in [0, 0.05) is 11.6 Å². The van der Waals surface area contributed by atoms with Crippen LogP contribution in [0.1, 0.15) is 6.42 Å². The number of halogens is 3. The highest BCUT2D eigenvalue weighted by atomic mass is 35.5. The molecule has 0 aliphatic carbocycles. The van der Waals surface area contributed by atoms with E-state index >= 15 is 0 Å². The van der Waals surface area contributed by atoms with Gasteiger partial charge in [-0.15, -0.1) is 0 Å². The van der Waals surface area contributed by atoms with Gasteiger partial charge >= 0.3 is 0 Å². The van der Waals surface area contributed by atoms with Crippen LogP contribution in [0.3, 0.4) is 0 Å². The highest BCUT2D eigenvalue weighted by Gasteiger charge is 2.09. The number of hydrogen-bond acceptors (Lipinski definition) is 3. The van der Waals surface area contributed by atoms with Gasteiger partial charge in [-0.3, -0.25) is 9.36 Å². The van der Waals surface area contributed by atoms with E-state index in [9.17, 15) is 4.79 Å². The quantitative estimate of drug-likeness (QED) is 0.593. The Morgan fingerprint density at radius 3 is 2.54 bits per heavy atom. The number of fused-ring (bicyclic) bond motifs is 1. The molecule has 0 fully saturated rings. The van der Waals surface area contributed by atoms with Gasteiger partial charge < -0.3 is 4.74 Å². The maximum atomic E-state index is 12.4. The molecule has 0 aliphatic rings. The Morgan fingerprint density at radius 1 is 1.08 bits per heavy atom. The maximum Gasteiger partial charge on any atom is 0.261 e. The summed E-state index contributed by atoms with van der Waals surface area (Å²) in [4.78, 5) is 16.6. The molecule has 0 unspecified atom stereocenters. The third kappa shape index (κ3) is 3.66. The van der Waals surface area contributed by atoms with Gasteiger partial charge in [-0.2, -0.15) is 0 Å². The molecular weight excluding hydrogens is 371 g/mol. The molecule has 2 aromatic carbocycles. The number of ether oxygens (including phenoxy) is 1. The molecule has 24 heavy (non-hydrogen) atoms. The summed E-state index contributed by atoms with van der Waals surface area (Å²) in [7, 11) is 0.